The molecule has 44 heavy (non-hydrogen) atoms. The van der Waals surface area contributed by atoms with Crippen LogP contribution in [-0.4, -0.2) is 96.8 Å². The monoisotopic (exact) mass is 605 g/mol. The van der Waals surface area contributed by atoms with E-state index in [-0.39, 0.29) is 11.5 Å². The van der Waals surface area contributed by atoms with Crippen molar-refractivity contribution in [1.82, 2.24) is 25.0 Å². The number of amides is 1. The van der Waals surface area contributed by atoms with Gasteiger partial charge in [0.1, 0.15) is 11.3 Å². The van der Waals surface area contributed by atoms with E-state index in [2.05, 4.69) is 55.8 Å². The third kappa shape index (κ3) is 10.8. The van der Waals surface area contributed by atoms with E-state index < -0.39 is 0 Å². The van der Waals surface area contributed by atoms with Gasteiger partial charge >= 0.3 is 0 Å². The second kappa shape index (κ2) is 15.9. The molecule has 0 aliphatic carbocycles. The van der Waals surface area contributed by atoms with Crippen molar-refractivity contribution in [3.63, 3.8) is 0 Å². The summed E-state index contributed by atoms with van der Waals surface area (Å²) in [6.45, 7) is 22.6. The maximum absolute atomic E-state index is 13.2. The fraction of sp³-hybridized carbons (Fsp3) is 0.529. The molecule has 0 spiro atoms. The lowest BCUT2D eigenvalue weighted by Crippen LogP contribution is -2.44. The Bertz CT molecular complexity index is 1230. The van der Waals surface area contributed by atoms with Gasteiger partial charge in [-0.15, -0.1) is 0 Å². The number of hydrogen-bond acceptors (Lipinski definition) is 9. The van der Waals surface area contributed by atoms with Crippen LogP contribution >= 0.6 is 0 Å². The lowest BCUT2D eigenvalue weighted by Gasteiger charge is -2.35. The van der Waals surface area contributed by atoms with E-state index in [0.717, 1.165) is 83.1 Å². The number of pyridine rings is 1. The molecule has 240 valence electrons. The standard InChI is InChI=1S/C34H51N7O3/c1-26(36-29-14-18-39(6)19-15-29)41(17-9-16-40-20-22-43-23-21-40)25-28-12-13-32(35-24-28)33(42)38-31-11-8-7-10-30(31)37-27(2)44-34(3,4)5/h7-8,10-13,24,29,36-37H,1-2,9,14-23,25H2,3-6H3,(H,38,42). The van der Waals surface area contributed by atoms with Crippen LogP contribution in [0.2, 0.25) is 0 Å². The van der Waals surface area contributed by atoms with Gasteiger partial charge in [0.05, 0.1) is 30.4 Å². The van der Waals surface area contributed by atoms with Crippen molar-refractivity contribution in [2.24, 2.45) is 0 Å². The second-order valence-electron chi connectivity index (χ2n) is 12.7. The van der Waals surface area contributed by atoms with Crippen LogP contribution in [0.5, 0.6) is 0 Å². The summed E-state index contributed by atoms with van der Waals surface area (Å²) in [4.78, 5) is 24.8. The molecular formula is C34H51N7O3. The van der Waals surface area contributed by atoms with Gasteiger partial charge in [0.25, 0.3) is 5.91 Å². The summed E-state index contributed by atoms with van der Waals surface area (Å²) in [6, 6.07) is 11.6. The Morgan fingerprint density at radius 2 is 1.73 bits per heavy atom. The molecule has 0 atom stereocenters. The molecule has 1 aromatic heterocycles. The van der Waals surface area contributed by atoms with Crippen molar-refractivity contribution in [2.45, 2.75) is 58.2 Å². The highest BCUT2D eigenvalue weighted by Gasteiger charge is 2.20. The third-order valence-corrected chi connectivity index (χ3v) is 7.79. The summed E-state index contributed by atoms with van der Waals surface area (Å²) in [5, 5.41) is 9.82. The van der Waals surface area contributed by atoms with Crippen LogP contribution in [0.3, 0.4) is 0 Å². The number of aromatic nitrogens is 1. The molecule has 2 aromatic rings. The molecule has 2 saturated heterocycles. The number of morpholine rings is 1. The summed E-state index contributed by atoms with van der Waals surface area (Å²) in [5.41, 5.74) is 2.29. The van der Waals surface area contributed by atoms with Crippen molar-refractivity contribution in [3.8, 4) is 0 Å². The quantitative estimate of drug-likeness (QED) is 0.265. The molecular weight excluding hydrogens is 554 g/mol. The molecule has 0 saturated carbocycles. The van der Waals surface area contributed by atoms with Crippen molar-refractivity contribution in [2.75, 3.05) is 70.2 Å². The van der Waals surface area contributed by atoms with E-state index in [1.807, 2.05) is 51.1 Å². The minimum atomic E-state index is -0.387. The average Bonchev–Trinajstić information content (AvgIpc) is 2.98. The van der Waals surface area contributed by atoms with Crippen LogP contribution in [-0.2, 0) is 16.0 Å². The first kappa shape index (κ1) is 33.3. The highest BCUT2D eigenvalue weighted by molar-refractivity contribution is 6.04. The molecule has 0 radical (unpaired) electrons. The Kier molecular flexibility index (Phi) is 12.1. The number of rotatable bonds is 14. The van der Waals surface area contributed by atoms with Crippen molar-refractivity contribution >= 4 is 17.3 Å². The lowest BCUT2D eigenvalue weighted by atomic mass is 10.1. The zero-order valence-electron chi connectivity index (χ0n) is 27.0. The molecule has 10 nitrogen and oxygen atoms in total. The van der Waals surface area contributed by atoms with Gasteiger partial charge < -0.3 is 35.2 Å². The number of anilines is 2. The first-order chi connectivity index (χ1) is 21.1. The summed E-state index contributed by atoms with van der Waals surface area (Å²) < 4.78 is 11.3. The zero-order valence-corrected chi connectivity index (χ0v) is 27.0. The van der Waals surface area contributed by atoms with Crippen molar-refractivity contribution in [1.29, 1.82) is 0 Å². The molecule has 3 N–H and O–H groups in total. The van der Waals surface area contributed by atoms with E-state index >= 15 is 0 Å². The fourth-order valence-corrected chi connectivity index (χ4v) is 5.40. The number of carbonyl (C=O) groups is 1. The normalized spacial score (nSPS) is 16.6. The summed E-state index contributed by atoms with van der Waals surface area (Å²) in [6.07, 6.45) is 5.04. The number of ether oxygens (including phenoxy) is 2. The van der Waals surface area contributed by atoms with E-state index in [1.165, 1.54) is 0 Å². The summed E-state index contributed by atoms with van der Waals surface area (Å²) in [7, 11) is 2.18. The number of piperidine rings is 1. The molecule has 3 heterocycles. The predicted octanol–water partition coefficient (Wildman–Crippen LogP) is 4.71. The van der Waals surface area contributed by atoms with Crippen LogP contribution in [0.15, 0.2) is 67.5 Å². The Hall–Kier alpha value is -3.60. The molecule has 2 aliphatic heterocycles. The Morgan fingerprint density at radius 3 is 2.36 bits per heavy atom. The largest absolute Gasteiger partial charge is 0.474 e. The number of hydrogen-bond donors (Lipinski definition) is 3. The summed E-state index contributed by atoms with van der Waals surface area (Å²) >= 11 is 0. The fourth-order valence-electron chi connectivity index (χ4n) is 5.40. The maximum Gasteiger partial charge on any atom is 0.274 e. The number of carbonyl (C=O) groups excluding carboxylic acids is 1. The molecule has 1 aromatic carbocycles. The zero-order chi connectivity index (χ0) is 31.5. The number of benzene rings is 1. The molecule has 4 rings (SSSR count). The van der Waals surface area contributed by atoms with E-state index in [1.54, 1.807) is 12.3 Å². The van der Waals surface area contributed by atoms with Crippen LogP contribution < -0.4 is 16.0 Å². The van der Waals surface area contributed by atoms with Crippen LogP contribution in [0, 0.1) is 0 Å². The predicted molar refractivity (Wildman–Crippen MR) is 177 cm³/mol. The second-order valence-corrected chi connectivity index (χ2v) is 12.7. The first-order valence-electron chi connectivity index (χ1n) is 15.7. The summed E-state index contributed by atoms with van der Waals surface area (Å²) in [5.74, 6) is 1.07. The molecule has 2 fully saturated rings. The van der Waals surface area contributed by atoms with Crippen LogP contribution in [0.4, 0.5) is 11.4 Å². The minimum absolute atomic E-state index is 0.288. The SMILES string of the molecule is C=C(Nc1ccccc1NC(=O)c1ccc(CN(CCCN2CCOCC2)C(=C)NC2CCN(C)CC2)cn1)OC(C)(C)C. The highest BCUT2D eigenvalue weighted by atomic mass is 16.5. The Morgan fingerprint density at radius 1 is 1.05 bits per heavy atom. The van der Waals surface area contributed by atoms with Gasteiger partial charge in [0.2, 0.25) is 0 Å². The van der Waals surface area contributed by atoms with Crippen molar-refractivity contribution < 1.29 is 14.3 Å². The van der Waals surface area contributed by atoms with Crippen LogP contribution in [0.25, 0.3) is 0 Å². The molecule has 2 aliphatic rings. The van der Waals surface area contributed by atoms with E-state index in [0.29, 0.717) is 35.5 Å². The van der Waals surface area contributed by atoms with Crippen molar-refractivity contribution in [3.05, 3.63) is 78.7 Å². The average molecular weight is 606 g/mol. The molecule has 10 heteroatoms. The number of likely N-dealkylation sites (tertiary alicyclic amines) is 1. The Balaban J connectivity index is 1.37. The minimum Gasteiger partial charge on any atom is -0.474 e. The van der Waals surface area contributed by atoms with Crippen LogP contribution in [0.1, 0.15) is 56.1 Å². The number of nitrogens with one attached hydrogen (secondary N) is 3. The van der Waals surface area contributed by atoms with Gasteiger partial charge in [-0.25, -0.2) is 0 Å². The van der Waals surface area contributed by atoms with Gasteiger partial charge in [-0.1, -0.05) is 24.8 Å². The topological polar surface area (TPSA) is 94.2 Å². The van der Waals surface area contributed by atoms with Gasteiger partial charge in [0, 0.05) is 45.0 Å². The van der Waals surface area contributed by atoms with E-state index in [9.17, 15) is 4.79 Å². The first-order valence-corrected chi connectivity index (χ1v) is 15.7. The van der Waals surface area contributed by atoms with Gasteiger partial charge in [-0.05, 0) is 90.5 Å². The molecule has 0 bridgehead atoms. The molecule has 0 unspecified atom stereocenters. The number of nitrogens with zero attached hydrogens (tertiary/aromatic N) is 4. The maximum atomic E-state index is 13.2. The van der Waals surface area contributed by atoms with Gasteiger partial charge in [0.15, 0.2) is 5.88 Å². The van der Waals surface area contributed by atoms with Gasteiger partial charge in [-0.2, -0.15) is 0 Å². The van der Waals surface area contributed by atoms with Gasteiger partial charge in [-0.3, -0.25) is 14.7 Å². The van der Waals surface area contributed by atoms with E-state index in [4.69, 9.17) is 9.47 Å². The molecule has 1 amide bonds. The third-order valence-electron chi connectivity index (χ3n) is 7.79. The lowest BCUT2D eigenvalue weighted by molar-refractivity contribution is 0.0363. The Labute approximate surface area is 263 Å². The highest BCUT2D eigenvalue weighted by Crippen LogP contribution is 2.25. The smallest absolute Gasteiger partial charge is 0.274 e. The number of para-hydroxylation sites is 2.